The third-order valence-corrected chi connectivity index (χ3v) is 5.13. The molecule has 2 rings (SSSR count). The van der Waals surface area contributed by atoms with Gasteiger partial charge in [0.15, 0.2) is 0 Å². The first-order valence-corrected chi connectivity index (χ1v) is 8.17. The van der Waals surface area contributed by atoms with E-state index in [1.807, 2.05) is 0 Å². The van der Waals surface area contributed by atoms with Crippen molar-refractivity contribution in [2.45, 2.75) is 58.2 Å². The minimum atomic E-state index is -0.104. The molecule has 2 aliphatic rings. The summed E-state index contributed by atoms with van der Waals surface area (Å²) >= 11 is 0. The molecule has 0 radical (unpaired) electrons. The Morgan fingerprint density at radius 3 is 2.55 bits per heavy atom. The molecule has 2 N–H and O–H groups in total. The summed E-state index contributed by atoms with van der Waals surface area (Å²) < 4.78 is 12.1. The first-order chi connectivity index (χ1) is 9.49. The van der Waals surface area contributed by atoms with E-state index in [4.69, 9.17) is 15.2 Å². The normalized spacial score (nSPS) is 30.3. The molecule has 1 heterocycles. The summed E-state index contributed by atoms with van der Waals surface area (Å²) in [6, 6.07) is 0. The highest BCUT2D eigenvalue weighted by Gasteiger charge is 2.38. The van der Waals surface area contributed by atoms with Gasteiger partial charge in [0.25, 0.3) is 0 Å². The summed E-state index contributed by atoms with van der Waals surface area (Å²) in [5.74, 6) is 0. The summed E-state index contributed by atoms with van der Waals surface area (Å²) in [6.45, 7) is 12.2. The average Bonchev–Trinajstić information content (AvgIpc) is 2.47. The zero-order valence-electron chi connectivity index (χ0n) is 13.5. The van der Waals surface area contributed by atoms with E-state index in [1.165, 1.54) is 12.8 Å². The number of hydrogen-bond donors (Lipinski definition) is 1. The van der Waals surface area contributed by atoms with Crippen LogP contribution in [-0.2, 0) is 9.47 Å². The van der Waals surface area contributed by atoms with Gasteiger partial charge in [-0.25, -0.2) is 0 Å². The second kappa shape index (κ2) is 6.73. The van der Waals surface area contributed by atoms with Gasteiger partial charge >= 0.3 is 0 Å². The molecular formula is C16H32N2O2. The van der Waals surface area contributed by atoms with Crippen LogP contribution in [0, 0.1) is 5.41 Å². The fourth-order valence-corrected chi connectivity index (χ4v) is 3.23. The zero-order chi connectivity index (χ0) is 14.6. The lowest BCUT2D eigenvalue weighted by Gasteiger charge is -2.44. The average molecular weight is 284 g/mol. The molecule has 1 saturated carbocycles. The standard InChI is InChI=1S/C16H32N2O2/c1-4-18-9-10-19-14(11-18)12-20-16(13-17)7-5-15(2,3)6-8-16/h14H,4-13,17H2,1-3H3. The number of nitrogens with zero attached hydrogens (tertiary/aromatic N) is 1. The Kier molecular flexibility index (Phi) is 5.46. The first-order valence-electron chi connectivity index (χ1n) is 8.17. The highest BCUT2D eigenvalue weighted by atomic mass is 16.5. The van der Waals surface area contributed by atoms with E-state index >= 15 is 0 Å². The van der Waals surface area contributed by atoms with Crippen LogP contribution in [0.25, 0.3) is 0 Å². The van der Waals surface area contributed by atoms with Crippen LogP contribution in [-0.4, -0.2) is 56.0 Å². The van der Waals surface area contributed by atoms with Crippen LogP contribution in [0.4, 0.5) is 0 Å². The predicted molar refractivity (Wildman–Crippen MR) is 81.8 cm³/mol. The van der Waals surface area contributed by atoms with Gasteiger partial charge in [0.1, 0.15) is 0 Å². The van der Waals surface area contributed by atoms with Crippen molar-refractivity contribution in [1.82, 2.24) is 4.90 Å². The number of likely N-dealkylation sites (N-methyl/N-ethyl adjacent to an activating group) is 1. The van der Waals surface area contributed by atoms with Crippen LogP contribution in [0.3, 0.4) is 0 Å². The van der Waals surface area contributed by atoms with Gasteiger partial charge in [-0.1, -0.05) is 20.8 Å². The van der Waals surface area contributed by atoms with E-state index in [9.17, 15) is 0 Å². The van der Waals surface area contributed by atoms with E-state index in [2.05, 4.69) is 25.7 Å². The maximum Gasteiger partial charge on any atom is 0.0935 e. The molecule has 2 fully saturated rings. The van der Waals surface area contributed by atoms with Gasteiger partial charge < -0.3 is 15.2 Å². The minimum absolute atomic E-state index is 0.104. The quantitative estimate of drug-likeness (QED) is 0.839. The molecule has 0 spiro atoms. The zero-order valence-corrected chi connectivity index (χ0v) is 13.5. The molecular weight excluding hydrogens is 252 g/mol. The number of nitrogens with two attached hydrogens (primary N) is 1. The molecule has 4 nitrogen and oxygen atoms in total. The number of ether oxygens (including phenoxy) is 2. The van der Waals surface area contributed by atoms with Gasteiger partial charge in [-0.05, 0) is 37.6 Å². The van der Waals surface area contributed by atoms with Crippen molar-refractivity contribution in [3.05, 3.63) is 0 Å². The lowest BCUT2D eigenvalue weighted by Crippen LogP contribution is -2.49. The van der Waals surface area contributed by atoms with Crippen LogP contribution in [0.5, 0.6) is 0 Å². The van der Waals surface area contributed by atoms with Crippen molar-refractivity contribution in [2.24, 2.45) is 11.1 Å². The van der Waals surface area contributed by atoms with Gasteiger partial charge in [-0.2, -0.15) is 0 Å². The lowest BCUT2D eigenvalue weighted by atomic mass is 9.71. The smallest absolute Gasteiger partial charge is 0.0935 e. The van der Waals surface area contributed by atoms with Crippen LogP contribution in [0.1, 0.15) is 46.5 Å². The topological polar surface area (TPSA) is 47.7 Å². The number of morpholine rings is 1. The molecule has 1 unspecified atom stereocenters. The Balaban J connectivity index is 1.82. The Bertz CT molecular complexity index is 297. The third kappa shape index (κ3) is 4.17. The molecule has 0 bridgehead atoms. The molecule has 1 aliphatic heterocycles. The van der Waals surface area contributed by atoms with E-state index in [0.29, 0.717) is 18.6 Å². The van der Waals surface area contributed by atoms with Gasteiger partial charge in [0, 0.05) is 19.6 Å². The number of hydrogen-bond acceptors (Lipinski definition) is 4. The van der Waals surface area contributed by atoms with Crippen LogP contribution in [0.2, 0.25) is 0 Å². The first kappa shape index (κ1) is 16.2. The summed E-state index contributed by atoms with van der Waals surface area (Å²) in [6.07, 6.45) is 4.79. The van der Waals surface area contributed by atoms with Gasteiger partial charge in [0.05, 0.1) is 24.9 Å². The van der Waals surface area contributed by atoms with Crippen molar-refractivity contribution in [1.29, 1.82) is 0 Å². The SMILES string of the molecule is CCN1CCOC(COC2(CN)CCC(C)(C)CC2)C1. The van der Waals surface area contributed by atoms with E-state index < -0.39 is 0 Å². The molecule has 0 aromatic rings. The fourth-order valence-electron chi connectivity index (χ4n) is 3.23. The molecule has 1 aliphatic carbocycles. The second-order valence-electron chi connectivity index (χ2n) is 7.25. The Labute approximate surface area is 124 Å². The molecule has 118 valence electrons. The van der Waals surface area contributed by atoms with Crippen molar-refractivity contribution in [3.8, 4) is 0 Å². The maximum absolute atomic E-state index is 6.27. The summed E-state index contributed by atoms with van der Waals surface area (Å²) in [4.78, 5) is 2.43. The summed E-state index contributed by atoms with van der Waals surface area (Å²) in [5, 5.41) is 0. The van der Waals surface area contributed by atoms with E-state index in [1.54, 1.807) is 0 Å². The van der Waals surface area contributed by atoms with Crippen LogP contribution >= 0.6 is 0 Å². The second-order valence-corrected chi connectivity index (χ2v) is 7.25. The third-order valence-electron chi connectivity index (χ3n) is 5.13. The Morgan fingerprint density at radius 1 is 1.25 bits per heavy atom. The molecule has 4 heteroatoms. The van der Waals surface area contributed by atoms with E-state index in [-0.39, 0.29) is 11.7 Å². The highest BCUT2D eigenvalue weighted by Crippen LogP contribution is 2.41. The Morgan fingerprint density at radius 2 is 1.95 bits per heavy atom. The fraction of sp³-hybridized carbons (Fsp3) is 1.00. The highest BCUT2D eigenvalue weighted by molar-refractivity contribution is 4.91. The lowest BCUT2D eigenvalue weighted by molar-refractivity contribution is -0.134. The van der Waals surface area contributed by atoms with Gasteiger partial charge in [-0.3, -0.25) is 4.90 Å². The van der Waals surface area contributed by atoms with Gasteiger partial charge in [0.2, 0.25) is 0 Å². The monoisotopic (exact) mass is 284 g/mol. The Hall–Kier alpha value is -0.160. The molecule has 20 heavy (non-hydrogen) atoms. The van der Waals surface area contributed by atoms with E-state index in [0.717, 1.165) is 39.1 Å². The van der Waals surface area contributed by atoms with Crippen LogP contribution in [0.15, 0.2) is 0 Å². The summed E-state index contributed by atoms with van der Waals surface area (Å²) in [5.41, 5.74) is 6.36. The molecule has 0 aromatic carbocycles. The summed E-state index contributed by atoms with van der Waals surface area (Å²) in [7, 11) is 0. The molecule has 0 aromatic heterocycles. The van der Waals surface area contributed by atoms with Crippen molar-refractivity contribution >= 4 is 0 Å². The number of rotatable bonds is 5. The molecule has 1 saturated heterocycles. The van der Waals surface area contributed by atoms with Crippen molar-refractivity contribution in [2.75, 3.05) is 39.4 Å². The van der Waals surface area contributed by atoms with Crippen LogP contribution < -0.4 is 5.73 Å². The molecule has 1 atom stereocenters. The van der Waals surface area contributed by atoms with Crippen molar-refractivity contribution in [3.63, 3.8) is 0 Å². The minimum Gasteiger partial charge on any atom is -0.373 e. The van der Waals surface area contributed by atoms with Crippen molar-refractivity contribution < 1.29 is 9.47 Å². The molecule has 0 amide bonds. The van der Waals surface area contributed by atoms with Gasteiger partial charge in [-0.15, -0.1) is 0 Å². The largest absolute Gasteiger partial charge is 0.373 e. The maximum atomic E-state index is 6.27. The predicted octanol–water partition coefficient (Wildman–Crippen LogP) is 2.02.